The van der Waals surface area contributed by atoms with E-state index >= 15 is 0 Å². The van der Waals surface area contributed by atoms with Crippen LogP contribution < -0.4 is 15.8 Å². The average molecular weight is 449 g/mol. The Balaban J connectivity index is 1.42. The topological polar surface area (TPSA) is 94.3 Å². The Morgan fingerprint density at radius 1 is 1.16 bits per heavy atom. The Hall–Kier alpha value is -3.41. The highest BCUT2D eigenvalue weighted by Crippen LogP contribution is 2.31. The minimum absolute atomic E-state index is 0.0324. The summed E-state index contributed by atoms with van der Waals surface area (Å²) in [6.45, 7) is 3.52. The van der Waals surface area contributed by atoms with Crippen LogP contribution >= 0.6 is 11.6 Å². The smallest absolute Gasteiger partial charge is 0.270 e. The minimum atomic E-state index is -0.336. The van der Waals surface area contributed by atoms with Crippen LogP contribution in [-0.2, 0) is 24.8 Å². The molecular formula is C23H21ClN6O2. The predicted molar refractivity (Wildman–Crippen MR) is 123 cm³/mol. The molecule has 2 aliphatic heterocycles. The molecule has 1 saturated heterocycles. The number of fused-ring (bicyclic) bond motifs is 2. The zero-order valence-electron chi connectivity index (χ0n) is 17.6. The molecule has 3 aromatic rings. The number of pyridine rings is 2. The Labute approximate surface area is 189 Å². The zero-order valence-corrected chi connectivity index (χ0v) is 18.3. The molecule has 8 nitrogen and oxygen atoms in total. The number of nitrogens with zero attached hydrogens (tertiary/aromatic N) is 5. The molecule has 5 rings (SSSR count). The number of aryl methyl sites for hydroxylation is 1. The van der Waals surface area contributed by atoms with E-state index in [2.05, 4.69) is 26.2 Å². The Morgan fingerprint density at radius 3 is 2.69 bits per heavy atom. The molecule has 2 aromatic heterocycles. The standard InChI is InChI=1S/C23H21ClN6O2/c1-28-17-5-6-18(24)26-21(17)22(16(12-25)23(28)32)30-9-7-29(8-10-30)13-15-4-2-3-14-11-19(31)27-20(14)15/h2-6H,7-11,13H2,1H3,(H,27,31). The molecule has 162 valence electrons. The van der Waals surface area contributed by atoms with Crippen LogP contribution in [-0.4, -0.2) is 46.5 Å². The lowest BCUT2D eigenvalue weighted by Gasteiger charge is -2.37. The summed E-state index contributed by atoms with van der Waals surface area (Å²) in [5, 5.41) is 13.0. The number of benzene rings is 1. The molecule has 0 saturated carbocycles. The summed E-state index contributed by atoms with van der Waals surface area (Å²) in [7, 11) is 1.64. The first-order valence-electron chi connectivity index (χ1n) is 10.4. The molecule has 0 unspecified atom stereocenters. The van der Waals surface area contributed by atoms with Crippen molar-refractivity contribution < 1.29 is 4.79 Å². The highest BCUT2D eigenvalue weighted by Gasteiger charge is 2.27. The van der Waals surface area contributed by atoms with Crippen molar-refractivity contribution in [2.24, 2.45) is 7.05 Å². The molecule has 2 aliphatic rings. The van der Waals surface area contributed by atoms with Gasteiger partial charge in [-0.05, 0) is 23.3 Å². The first-order chi connectivity index (χ1) is 15.5. The van der Waals surface area contributed by atoms with Crippen molar-refractivity contribution in [2.75, 3.05) is 36.4 Å². The molecule has 9 heteroatoms. The SMILES string of the molecule is Cn1c(=O)c(C#N)c(N2CCN(Cc3cccc4c3NC(=O)C4)CC2)c2nc(Cl)ccc21. The van der Waals surface area contributed by atoms with Crippen LogP contribution in [0.25, 0.3) is 11.0 Å². The number of hydrogen-bond donors (Lipinski definition) is 1. The summed E-state index contributed by atoms with van der Waals surface area (Å²) in [6.07, 6.45) is 0.430. The van der Waals surface area contributed by atoms with Crippen molar-refractivity contribution >= 4 is 39.9 Å². The van der Waals surface area contributed by atoms with E-state index in [0.29, 0.717) is 41.4 Å². The molecule has 0 bridgehead atoms. The average Bonchev–Trinajstić information content (AvgIpc) is 3.18. The van der Waals surface area contributed by atoms with E-state index in [-0.39, 0.29) is 17.0 Å². The molecule has 0 aliphatic carbocycles. The maximum absolute atomic E-state index is 12.8. The van der Waals surface area contributed by atoms with Gasteiger partial charge in [0.05, 0.1) is 17.6 Å². The van der Waals surface area contributed by atoms with E-state index in [1.807, 2.05) is 18.2 Å². The fraction of sp³-hybridized carbons (Fsp3) is 0.304. The third-order valence-corrected chi connectivity index (χ3v) is 6.44. The van der Waals surface area contributed by atoms with E-state index in [0.717, 1.165) is 36.4 Å². The Kier molecular flexibility index (Phi) is 5.08. The Morgan fingerprint density at radius 2 is 1.94 bits per heavy atom. The van der Waals surface area contributed by atoms with Crippen molar-refractivity contribution in [1.82, 2.24) is 14.5 Å². The van der Waals surface area contributed by atoms with Crippen LogP contribution in [0.1, 0.15) is 16.7 Å². The largest absolute Gasteiger partial charge is 0.366 e. The van der Waals surface area contributed by atoms with Crippen LogP contribution in [0.2, 0.25) is 5.15 Å². The first kappa shape index (κ1) is 20.5. The first-order valence-corrected chi connectivity index (χ1v) is 10.8. The van der Waals surface area contributed by atoms with E-state index in [9.17, 15) is 14.9 Å². The molecule has 1 N–H and O–H groups in total. The second kappa shape index (κ2) is 7.93. The lowest BCUT2D eigenvalue weighted by molar-refractivity contribution is -0.115. The number of amides is 1. The maximum atomic E-state index is 12.8. The van der Waals surface area contributed by atoms with Crippen LogP contribution in [0.15, 0.2) is 35.1 Å². The molecule has 32 heavy (non-hydrogen) atoms. The highest BCUT2D eigenvalue weighted by atomic mass is 35.5. The number of halogens is 1. The Bertz CT molecular complexity index is 1350. The van der Waals surface area contributed by atoms with Crippen molar-refractivity contribution in [3.63, 3.8) is 0 Å². The predicted octanol–water partition coefficient (Wildman–Crippen LogP) is 2.28. The van der Waals surface area contributed by atoms with Gasteiger partial charge in [-0.2, -0.15) is 5.26 Å². The number of carbonyl (C=O) groups excluding carboxylic acids is 1. The quantitative estimate of drug-likeness (QED) is 0.618. The normalized spacial score (nSPS) is 16.2. The van der Waals surface area contributed by atoms with Crippen LogP contribution in [0.5, 0.6) is 0 Å². The number of aromatic nitrogens is 2. The second-order valence-corrected chi connectivity index (χ2v) is 8.53. The molecule has 0 spiro atoms. The lowest BCUT2D eigenvalue weighted by Crippen LogP contribution is -2.47. The summed E-state index contributed by atoms with van der Waals surface area (Å²) < 4.78 is 1.45. The molecule has 1 amide bonds. The third-order valence-electron chi connectivity index (χ3n) is 6.23. The monoisotopic (exact) mass is 448 g/mol. The van der Waals surface area contributed by atoms with Gasteiger partial charge in [0.2, 0.25) is 5.91 Å². The summed E-state index contributed by atoms with van der Waals surface area (Å²) in [6, 6.07) is 11.5. The number of nitriles is 1. The highest BCUT2D eigenvalue weighted by molar-refractivity contribution is 6.29. The molecule has 0 radical (unpaired) electrons. The molecule has 1 fully saturated rings. The second-order valence-electron chi connectivity index (χ2n) is 8.14. The number of rotatable bonds is 3. The van der Waals surface area contributed by atoms with Gasteiger partial charge in [0.15, 0.2) is 0 Å². The molecule has 0 atom stereocenters. The molecular weight excluding hydrogens is 428 g/mol. The number of piperazine rings is 1. The van der Waals surface area contributed by atoms with Gasteiger partial charge in [-0.3, -0.25) is 14.5 Å². The van der Waals surface area contributed by atoms with Gasteiger partial charge in [-0.25, -0.2) is 4.98 Å². The summed E-state index contributed by atoms with van der Waals surface area (Å²) in [4.78, 5) is 33.4. The van der Waals surface area contributed by atoms with E-state index in [1.54, 1.807) is 19.2 Å². The summed E-state index contributed by atoms with van der Waals surface area (Å²) in [5.74, 6) is 0.0324. The van der Waals surface area contributed by atoms with E-state index < -0.39 is 0 Å². The third kappa shape index (κ3) is 3.40. The fourth-order valence-corrected chi connectivity index (χ4v) is 4.75. The van der Waals surface area contributed by atoms with Gasteiger partial charge in [-0.15, -0.1) is 0 Å². The van der Waals surface area contributed by atoms with Crippen molar-refractivity contribution in [3.8, 4) is 6.07 Å². The van der Waals surface area contributed by atoms with Crippen molar-refractivity contribution in [3.05, 3.63) is 62.5 Å². The molecule has 4 heterocycles. The van der Waals surface area contributed by atoms with Crippen LogP contribution in [0.3, 0.4) is 0 Å². The number of carbonyl (C=O) groups is 1. The van der Waals surface area contributed by atoms with E-state index in [1.165, 1.54) is 4.57 Å². The maximum Gasteiger partial charge on any atom is 0.270 e. The van der Waals surface area contributed by atoms with Gasteiger partial charge in [0, 0.05) is 45.5 Å². The van der Waals surface area contributed by atoms with Gasteiger partial charge in [-0.1, -0.05) is 29.8 Å². The fourth-order valence-electron chi connectivity index (χ4n) is 4.60. The zero-order chi connectivity index (χ0) is 22.4. The van der Waals surface area contributed by atoms with Crippen LogP contribution in [0.4, 0.5) is 11.4 Å². The van der Waals surface area contributed by atoms with Crippen molar-refractivity contribution in [1.29, 1.82) is 5.26 Å². The summed E-state index contributed by atoms with van der Waals surface area (Å²) in [5.41, 5.74) is 4.60. The number of anilines is 2. The van der Waals surface area contributed by atoms with Gasteiger partial charge in [0.25, 0.3) is 5.56 Å². The van der Waals surface area contributed by atoms with Crippen LogP contribution in [0, 0.1) is 11.3 Å². The minimum Gasteiger partial charge on any atom is -0.366 e. The van der Waals surface area contributed by atoms with Gasteiger partial charge in [0.1, 0.15) is 22.3 Å². The number of hydrogen-bond acceptors (Lipinski definition) is 6. The lowest BCUT2D eigenvalue weighted by atomic mass is 10.1. The molecule has 1 aromatic carbocycles. The van der Waals surface area contributed by atoms with Gasteiger partial charge < -0.3 is 14.8 Å². The number of nitrogens with one attached hydrogen (secondary N) is 1. The van der Waals surface area contributed by atoms with E-state index in [4.69, 9.17) is 11.6 Å². The summed E-state index contributed by atoms with van der Waals surface area (Å²) >= 11 is 6.15. The number of para-hydroxylation sites is 1. The van der Waals surface area contributed by atoms with Gasteiger partial charge >= 0.3 is 0 Å². The van der Waals surface area contributed by atoms with Crippen molar-refractivity contribution in [2.45, 2.75) is 13.0 Å².